The van der Waals surface area contributed by atoms with E-state index < -0.39 is 16.1 Å². The molecule has 0 saturated heterocycles. The smallest absolute Gasteiger partial charge is 0.244 e. The Bertz CT molecular complexity index is 984. The fourth-order valence-corrected chi connectivity index (χ4v) is 5.14. The van der Waals surface area contributed by atoms with E-state index in [1.54, 1.807) is 19.1 Å². The normalized spacial score (nSPS) is 15.4. The average Bonchev–Trinajstić information content (AvgIpc) is 3.15. The van der Waals surface area contributed by atoms with E-state index in [-0.39, 0.29) is 11.9 Å². The van der Waals surface area contributed by atoms with Gasteiger partial charge in [-0.05, 0) is 73.9 Å². The van der Waals surface area contributed by atoms with E-state index in [9.17, 15) is 13.2 Å². The summed E-state index contributed by atoms with van der Waals surface area (Å²) in [6, 6.07) is 12.6. The predicted molar refractivity (Wildman–Crippen MR) is 118 cm³/mol. The van der Waals surface area contributed by atoms with Crippen LogP contribution in [0.15, 0.2) is 42.5 Å². The van der Waals surface area contributed by atoms with Gasteiger partial charge < -0.3 is 5.32 Å². The first-order valence-electron chi connectivity index (χ1n) is 10.2. The second-order valence-electron chi connectivity index (χ2n) is 7.87. The molecule has 0 fully saturated rings. The highest BCUT2D eigenvalue weighted by molar-refractivity contribution is 7.92. The molecule has 2 aromatic carbocycles. The van der Waals surface area contributed by atoms with Gasteiger partial charge in [-0.3, -0.25) is 9.10 Å². The minimum absolute atomic E-state index is 0.195. The Morgan fingerprint density at radius 2 is 1.72 bits per heavy atom. The van der Waals surface area contributed by atoms with Crippen molar-refractivity contribution in [2.24, 2.45) is 0 Å². The van der Waals surface area contributed by atoms with E-state index in [0.29, 0.717) is 5.69 Å². The number of carbonyl (C=O) groups is 1. The largest absolute Gasteiger partial charge is 0.348 e. The van der Waals surface area contributed by atoms with Gasteiger partial charge >= 0.3 is 0 Å². The number of aryl methyl sites for hydroxylation is 3. The molecule has 0 radical (unpaired) electrons. The van der Waals surface area contributed by atoms with Crippen molar-refractivity contribution in [3.05, 3.63) is 64.7 Å². The van der Waals surface area contributed by atoms with E-state index in [1.165, 1.54) is 21.9 Å². The van der Waals surface area contributed by atoms with Gasteiger partial charge in [0.2, 0.25) is 15.9 Å². The summed E-state index contributed by atoms with van der Waals surface area (Å²) in [7, 11) is -3.62. The Morgan fingerprint density at radius 1 is 1.07 bits per heavy atom. The summed E-state index contributed by atoms with van der Waals surface area (Å²) >= 11 is 0. The number of benzene rings is 2. The third-order valence-electron chi connectivity index (χ3n) is 5.67. The quantitative estimate of drug-likeness (QED) is 0.750. The van der Waals surface area contributed by atoms with Crippen molar-refractivity contribution in [3.63, 3.8) is 0 Å². The van der Waals surface area contributed by atoms with Gasteiger partial charge in [-0.25, -0.2) is 8.42 Å². The molecule has 5 nitrogen and oxygen atoms in total. The predicted octanol–water partition coefficient (Wildman–Crippen LogP) is 3.77. The lowest BCUT2D eigenvalue weighted by atomic mass is 10.0. The minimum atomic E-state index is -3.62. The summed E-state index contributed by atoms with van der Waals surface area (Å²) in [4.78, 5) is 12.9. The van der Waals surface area contributed by atoms with Crippen molar-refractivity contribution in [2.75, 3.05) is 10.6 Å². The molecule has 0 spiro atoms. The zero-order valence-electron chi connectivity index (χ0n) is 17.6. The Balaban J connectivity index is 1.78. The fourth-order valence-electron chi connectivity index (χ4n) is 3.97. The maximum absolute atomic E-state index is 12.9. The van der Waals surface area contributed by atoms with Gasteiger partial charge in [0, 0.05) is 0 Å². The lowest BCUT2D eigenvalue weighted by Crippen LogP contribution is -2.48. The van der Waals surface area contributed by atoms with Crippen molar-refractivity contribution in [2.45, 2.75) is 58.5 Å². The maximum atomic E-state index is 12.9. The molecule has 6 heteroatoms. The summed E-state index contributed by atoms with van der Waals surface area (Å²) in [6.45, 7) is 5.60. The Hall–Kier alpha value is -2.34. The molecule has 0 aromatic heterocycles. The van der Waals surface area contributed by atoms with Crippen LogP contribution in [0.2, 0.25) is 0 Å². The number of rotatable bonds is 7. The zero-order valence-corrected chi connectivity index (χ0v) is 18.4. The van der Waals surface area contributed by atoms with Crippen LogP contribution in [-0.4, -0.2) is 26.6 Å². The highest BCUT2D eigenvalue weighted by Crippen LogP contribution is 2.26. The number of hydrogen-bond donors (Lipinski definition) is 1. The van der Waals surface area contributed by atoms with Gasteiger partial charge in [-0.1, -0.05) is 37.3 Å². The van der Waals surface area contributed by atoms with Gasteiger partial charge in [0.05, 0.1) is 18.0 Å². The van der Waals surface area contributed by atoms with Crippen LogP contribution in [0.25, 0.3) is 0 Å². The van der Waals surface area contributed by atoms with Crippen LogP contribution in [0.5, 0.6) is 0 Å². The number of amides is 1. The molecule has 0 heterocycles. The highest BCUT2D eigenvalue weighted by Gasteiger charge is 2.30. The molecular weight excluding hydrogens is 384 g/mol. The second-order valence-corrected chi connectivity index (χ2v) is 9.73. The molecule has 0 aliphatic heterocycles. The van der Waals surface area contributed by atoms with Crippen LogP contribution in [0.3, 0.4) is 0 Å². The van der Waals surface area contributed by atoms with Crippen LogP contribution in [0.1, 0.15) is 55.5 Å². The van der Waals surface area contributed by atoms with Gasteiger partial charge in [-0.15, -0.1) is 0 Å². The first kappa shape index (κ1) is 21.4. The molecule has 29 heavy (non-hydrogen) atoms. The van der Waals surface area contributed by atoms with E-state index in [1.807, 2.05) is 26.0 Å². The topological polar surface area (TPSA) is 66.5 Å². The highest BCUT2D eigenvalue weighted by atomic mass is 32.2. The van der Waals surface area contributed by atoms with Gasteiger partial charge in [0.15, 0.2) is 0 Å². The lowest BCUT2D eigenvalue weighted by molar-refractivity contribution is -0.122. The van der Waals surface area contributed by atoms with E-state index >= 15 is 0 Å². The average molecular weight is 415 g/mol. The summed E-state index contributed by atoms with van der Waals surface area (Å²) in [5.74, 6) is -0.317. The van der Waals surface area contributed by atoms with Gasteiger partial charge in [0.25, 0.3) is 0 Å². The summed E-state index contributed by atoms with van der Waals surface area (Å²) in [6.07, 6.45) is 5.38. The second kappa shape index (κ2) is 8.57. The Kier molecular flexibility index (Phi) is 6.32. The first-order chi connectivity index (χ1) is 13.7. The van der Waals surface area contributed by atoms with Crippen molar-refractivity contribution >= 4 is 21.6 Å². The molecule has 156 valence electrons. The van der Waals surface area contributed by atoms with Crippen molar-refractivity contribution in [1.29, 1.82) is 0 Å². The molecule has 2 atom stereocenters. The van der Waals surface area contributed by atoms with Crippen molar-refractivity contribution in [3.8, 4) is 0 Å². The zero-order chi connectivity index (χ0) is 21.2. The van der Waals surface area contributed by atoms with E-state index in [2.05, 4.69) is 23.5 Å². The summed E-state index contributed by atoms with van der Waals surface area (Å²) in [5, 5.41) is 2.99. The number of carbonyl (C=O) groups excluding carboxylic acids is 1. The summed E-state index contributed by atoms with van der Waals surface area (Å²) in [5.41, 5.74) is 5.40. The van der Waals surface area contributed by atoms with Crippen molar-refractivity contribution < 1.29 is 13.2 Å². The van der Waals surface area contributed by atoms with E-state index in [0.717, 1.165) is 36.6 Å². The molecule has 0 unspecified atom stereocenters. The van der Waals surface area contributed by atoms with Gasteiger partial charge in [0.1, 0.15) is 6.04 Å². The van der Waals surface area contributed by atoms with Crippen molar-refractivity contribution in [1.82, 2.24) is 5.32 Å². The monoisotopic (exact) mass is 414 g/mol. The van der Waals surface area contributed by atoms with E-state index in [4.69, 9.17) is 0 Å². The Labute approximate surface area is 174 Å². The molecule has 1 N–H and O–H groups in total. The molecule has 1 aliphatic carbocycles. The molecule has 1 aliphatic rings. The molecule has 1 amide bonds. The molecular formula is C23H30N2O3S. The summed E-state index contributed by atoms with van der Waals surface area (Å²) < 4.78 is 26.1. The maximum Gasteiger partial charge on any atom is 0.244 e. The molecule has 0 saturated carbocycles. The Morgan fingerprint density at radius 3 is 2.34 bits per heavy atom. The number of anilines is 1. The van der Waals surface area contributed by atoms with Crippen LogP contribution in [-0.2, 0) is 34.1 Å². The fraction of sp³-hybridized carbons (Fsp3) is 0.435. The lowest BCUT2D eigenvalue weighted by Gasteiger charge is -2.29. The third kappa shape index (κ3) is 4.81. The number of hydrogen-bond acceptors (Lipinski definition) is 3. The molecule has 0 bridgehead atoms. The molecule has 3 rings (SSSR count). The molecule has 2 aromatic rings. The standard InChI is InChI=1S/C23H30N2O3S/c1-5-18-9-13-22(14-10-18)25(29(4,27)28)17(3)23(26)24-16(2)20-12-11-19-7-6-8-21(19)15-20/h9-17H,5-8H2,1-4H3,(H,24,26)/t16-,17+/m1/s1. The minimum Gasteiger partial charge on any atom is -0.348 e. The van der Waals surface area contributed by atoms with Crippen LogP contribution in [0, 0.1) is 0 Å². The number of sulfonamides is 1. The van der Waals surface area contributed by atoms with Gasteiger partial charge in [-0.2, -0.15) is 0 Å². The number of nitrogens with zero attached hydrogens (tertiary/aromatic N) is 1. The van der Waals surface area contributed by atoms with Crippen LogP contribution >= 0.6 is 0 Å². The van der Waals surface area contributed by atoms with Crippen LogP contribution < -0.4 is 9.62 Å². The number of nitrogens with one attached hydrogen (secondary N) is 1. The number of fused-ring (bicyclic) bond motifs is 1. The third-order valence-corrected chi connectivity index (χ3v) is 6.91. The van der Waals surface area contributed by atoms with Crippen LogP contribution in [0.4, 0.5) is 5.69 Å². The SMILES string of the molecule is CCc1ccc(N([C@@H](C)C(=O)N[C@H](C)c2ccc3c(c2)CCC3)S(C)(=O)=O)cc1. The first-order valence-corrected chi connectivity index (χ1v) is 12.1.